The van der Waals surface area contributed by atoms with Crippen molar-refractivity contribution in [1.82, 2.24) is 20.7 Å². The zero-order valence-electron chi connectivity index (χ0n) is 17.8. The van der Waals surface area contributed by atoms with Gasteiger partial charge in [-0.3, -0.25) is 9.59 Å². The van der Waals surface area contributed by atoms with Gasteiger partial charge in [0.25, 0.3) is 10.0 Å². The standard InChI is InChI=1S/C21H28N4O5S/c1-4-21(14(3)11-22-19(21)27)10-17(23-12-26)15-6-5-13(2)18(9-15)31(29,30)25-20(28)24-16-7-8-16/h5-6,9,11-12,16-17H,4,7-8,10H2,1-3H3,(H,22,27)(H,23,26)(H2,24,25,28). The fraction of sp³-hybridized carbons (Fsp3) is 0.476. The normalized spacial score (nSPS) is 21.6. The van der Waals surface area contributed by atoms with E-state index in [1.807, 2.05) is 18.6 Å². The van der Waals surface area contributed by atoms with Crippen molar-refractivity contribution in [2.75, 3.05) is 0 Å². The van der Waals surface area contributed by atoms with Crippen LogP contribution in [-0.4, -0.2) is 32.8 Å². The molecule has 0 bridgehead atoms. The molecule has 1 aromatic rings. The summed E-state index contributed by atoms with van der Waals surface area (Å²) in [6.07, 6.45) is 4.67. The molecule has 9 nitrogen and oxygen atoms in total. The smallest absolute Gasteiger partial charge is 0.328 e. The van der Waals surface area contributed by atoms with E-state index in [0.29, 0.717) is 24.0 Å². The molecule has 1 aromatic carbocycles. The average Bonchev–Trinajstić information content (AvgIpc) is 3.47. The molecule has 0 spiro atoms. The van der Waals surface area contributed by atoms with Crippen molar-refractivity contribution in [2.45, 2.75) is 63.4 Å². The Kier molecular flexibility index (Phi) is 6.40. The lowest BCUT2D eigenvalue weighted by Crippen LogP contribution is -2.40. The van der Waals surface area contributed by atoms with Gasteiger partial charge < -0.3 is 16.0 Å². The van der Waals surface area contributed by atoms with Crippen molar-refractivity contribution in [3.8, 4) is 0 Å². The molecular weight excluding hydrogens is 420 g/mol. The van der Waals surface area contributed by atoms with Crippen LogP contribution >= 0.6 is 0 Å². The van der Waals surface area contributed by atoms with E-state index >= 15 is 0 Å². The molecule has 0 radical (unpaired) electrons. The molecule has 1 heterocycles. The first kappa shape index (κ1) is 22.8. The quantitative estimate of drug-likeness (QED) is 0.427. The predicted octanol–water partition coefficient (Wildman–Crippen LogP) is 1.75. The fourth-order valence-corrected chi connectivity index (χ4v) is 5.11. The first-order valence-electron chi connectivity index (χ1n) is 10.2. The number of carbonyl (C=O) groups excluding carboxylic acids is 3. The third kappa shape index (κ3) is 4.73. The molecule has 1 aliphatic carbocycles. The summed E-state index contributed by atoms with van der Waals surface area (Å²) in [4.78, 5) is 35.8. The highest BCUT2D eigenvalue weighted by Gasteiger charge is 2.43. The first-order valence-corrected chi connectivity index (χ1v) is 11.7. The van der Waals surface area contributed by atoms with Crippen LogP contribution in [0.5, 0.6) is 0 Å². The summed E-state index contributed by atoms with van der Waals surface area (Å²) in [6.45, 7) is 5.38. The summed E-state index contributed by atoms with van der Waals surface area (Å²) in [7, 11) is -4.12. The Hall–Kier alpha value is -2.88. The van der Waals surface area contributed by atoms with Gasteiger partial charge in [-0.05, 0) is 62.3 Å². The predicted molar refractivity (Wildman–Crippen MR) is 114 cm³/mol. The number of amides is 4. The third-order valence-corrected chi connectivity index (χ3v) is 7.55. The van der Waals surface area contributed by atoms with Crippen LogP contribution in [0.1, 0.15) is 56.7 Å². The Bertz CT molecular complexity index is 1030. The van der Waals surface area contributed by atoms with E-state index in [2.05, 4.69) is 16.0 Å². The van der Waals surface area contributed by atoms with Crippen molar-refractivity contribution in [3.63, 3.8) is 0 Å². The molecule has 2 atom stereocenters. The molecule has 2 aliphatic rings. The van der Waals surface area contributed by atoms with Crippen LogP contribution in [0.25, 0.3) is 0 Å². The topological polar surface area (TPSA) is 133 Å². The van der Waals surface area contributed by atoms with Crippen LogP contribution in [0.15, 0.2) is 34.9 Å². The van der Waals surface area contributed by atoms with E-state index in [1.54, 1.807) is 25.3 Å². The van der Waals surface area contributed by atoms with E-state index in [-0.39, 0.29) is 23.3 Å². The molecule has 1 aliphatic heterocycles. The molecule has 10 heteroatoms. The van der Waals surface area contributed by atoms with E-state index in [4.69, 9.17) is 0 Å². The number of benzene rings is 1. The van der Waals surface area contributed by atoms with E-state index in [9.17, 15) is 22.8 Å². The summed E-state index contributed by atoms with van der Waals surface area (Å²) in [5.74, 6) is -0.149. The molecule has 2 unspecified atom stereocenters. The number of urea groups is 1. The summed E-state index contributed by atoms with van der Waals surface area (Å²) >= 11 is 0. The van der Waals surface area contributed by atoms with Gasteiger partial charge in [-0.15, -0.1) is 0 Å². The molecule has 168 valence electrons. The maximum atomic E-state index is 12.8. The van der Waals surface area contributed by atoms with Crippen LogP contribution in [0, 0.1) is 12.3 Å². The van der Waals surface area contributed by atoms with Gasteiger partial charge in [0.1, 0.15) is 0 Å². The molecule has 4 N–H and O–H groups in total. The fourth-order valence-electron chi connectivity index (χ4n) is 3.91. The van der Waals surface area contributed by atoms with Crippen LogP contribution in [0.2, 0.25) is 0 Å². The highest BCUT2D eigenvalue weighted by Crippen LogP contribution is 2.42. The lowest BCUT2D eigenvalue weighted by atomic mass is 9.73. The second-order valence-electron chi connectivity index (χ2n) is 8.16. The Morgan fingerprint density at radius 3 is 2.58 bits per heavy atom. The van der Waals surface area contributed by atoms with Crippen LogP contribution in [-0.2, 0) is 19.6 Å². The Morgan fingerprint density at radius 1 is 1.32 bits per heavy atom. The third-order valence-electron chi connectivity index (χ3n) is 6.08. The van der Waals surface area contributed by atoms with Crippen molar-refractivity contribution in [2.24, 2.45) is 5.41 Å². The second-order valence-corrected chi connectivity index (χ2v) is 9.81. The van der Waals surface area contributed by atoms with Crippen LogP contribution in [0.3, 0.4) is 0 Å². The average molecular weight is 449 g/mol. The molecule has 4 amide bonds. The van der Waals surface area contributed by atoms with E-state index in [1.165, 1.54) is 6.07 Å². The van der Waals surface area contributed by atoms with Gasteiger partial charge in [-0.1, -0.05) is 19.1 Å². The minimum Gasteiger partial charge on any atom is -0.352 e. The number of carbonyl (C=O) groups is 3. The highest BCUT2D eigenvalue weighted by atomic mass is 32.2. The largest absolute Gasteiger partial charge is 0.352 e. The molecule has 0 saturated heterocycles. The summed E-state index contributed by atoms with van der Waals surface area (Å²) in [5, 5.41) is 8.04. The number of rotatable bonds is 9. The minimum atomic E-state index is -4.12. The minimum absolute atomic E-state index is 0.0166. The van der Waals surface area contributed by atoms with Crippen molar-refractivity contribution < 1.29 is 22.8 Å². The van der Waals surface area contributed by atoms with Gasteiger partial charge in [-0.2, -0.15) is 0 Å². The zero-order valence-corrected chi connectivity index (χ0v) is 18.6. The Morgan fingerprint density at radius 2 is 2.03 bits per heavy atom. The molecule has 1 saturated carbocycles. The lowest BCUT2D eigenvalue weighted by Gasteiger charge is -2.31. The zero-order chi connectivity index (χ0) is 22.8. The maximum absolute atomic E-state index is 12.8. The second kappa shape index (κ2) is 8.70. The molecule has 1 fully saturated rings. The van der Waals surface area contributed by atoms with E-state index in [0.717, 1.165) is 18.4 Å². The van der Waals surface area contributed by atoms with Gasteiger partial charge in [0, 0.05) is 12.2 Å². The van der Waals surface area contributed by atoms with Crippen molar-refractivity contribution >= 4 is 28.4 Å². The van der Waals surface area contributed by atoms with Crippen LogP contribution < -0.4 is 20.7 Å². The Labute approximate surface area is 182 Å². The van der Waals surface area contributed by atoms with Crippen molar-refractivity contribution in [1.29, 1.82) is 0 Å². The SMILES string of the molecule is CCC1(CC(NC=O)c2ccc(C)c(S(=O)(=O)NC(=O)NC3CC3)c2)C(=O)NC=C1C. The molecule has 31 heavy (non-hydrogen) atoms. The maximum Gasteiger partial charge on any atom is 0.328 e. The molecule has 0 aromatic heterocycles. The van der Waals surface area contributed by atoms with Gasteiger partial charge >= 0.3 is 6.03 Å². The number of sulfonamides is 1. The summed E-state index contributed by atoms with van der Waals surface area (Å²) in [5.41, 5.74) is 1.05. The first-order chi connectivity index (χ1) is 14.6. The van der Waals surface area contributed by atoms with Gasteiger partial charge in [0.05, 0.1) is 16.4 Å². The van der Waals surface area contributed by atoms with Gasteiger partial charge in [0.2, 0.25) is 12.3 Å². The van der Waals surface area contributed by atoms with Crippen LogP contribution in [0.4, 0.5) is 4.79 Å². The van der Waals surface area contributed by atoms with Crippen molar-refractivity contribution in [3.05, 3.63) is 41.1 Å². The Balaban J connectivity index is 1.91. The van der Waals surface area contributed by atoms with E-state index < -0.39 is 27.5 Å². The van der Waals surface area contributed by atoms with Gasteiger partial charge in [-0.25, -0.2) is 17.9 Å². The number of hydrogen-bond donors (Lipinski definition) is 4. The highest BCUT2D eigenvalue weighted by molar-refractivity contribution is 7.90. The number of hydrogen-bond acceptors (Lipinski definition) is 5. The number of nitrogens with one attached hydrogen (secondary N) is 4. The molecule has 3 rings (SSSR count). The monoisotopic (exact) mass is 448 g/mol. The lowest BCUT2D eigenvalue weighted by molar-refractivity contribution is -0.128. The van der Waals surface area contributed by atoms with Gasteiger partial charge in [0.15, 0.2) is 0 Å². The summed E-state index contributed by atoms with van der Waals surface area (Å²) < 4.78 is 27.7. The molecular formula is C21H28N4O5S. The number of aryl methyl sites for hydroxylation is 1. The summed E-state index contributed by atoms with van der Waals surface area (Å²) in [6, 6.07) is 3.44.